The number of hydrogen-bond donors (Lipinski definition) is 4. The van der Waals surface area contributed by atoms with Crippen LogP contribution in [0.5, 0.6) is 0 Å². The molecule has 0 saturated carbocycles. The predicted molar refractivity (Wildman–Crippen MR) is 120 cm³/mol. The van der Waals surface area contributed by atoms with E-state index in [1.807, 2.05) is 6.07 Å². The van der Waals surface area contributed by atoms with Crippen molar-refractivity contribution in [3.63, 3.8) is 0 Å². The van der Waals surface area contributed by atoms with E-state index in [4.69, 9.17) is 16.4 Å². The summed E-state index contributed by atoms with van der Waals surface area (Å²) >= 11 is 0. The molecule has 0 bridgehead atoms. The third-order valence-electron chi connectivity index (χ3n) is 5.07. The second-order valence-electron chi connectivity index (χ2n) is 7.30. The number of pyridine rings is 1. The molecule has 0 spiro atoms. The number of rotatable bonds is 7. The quantitative estimate of drug-likeness (QED) is 0.377. The highest BCUT2D eigenvalue weighted by Crippen LogP contribution is 2.36. The van der Waals surface area contributed by atoms with E-state index in [0.717, 1.165) is 17.0 Å². The lowest BCUT2D eigenvalue weighted by Gasteiger charge is -2.13. The molecule has 0 atom stereocenters. The fourth-order valence-corrected chi connectivity index (χ4v) is 3.29. The van der Waals surface area contributed by atoms with E-state index in [9.17, 15) is 22.8 Å². The lowest BCUT2D eigenvalue weighted by atomic mass is 10.1. The van der Waals surface area contributed by atoms with Crippen LogP contribution in [-0.2, 0) is 12.7 Å². The number of nitrogens with zero attached hydrogens (tertiary/aromatic N) is 4. The summed E-state index contributed by atoms with van der Waals surface area (Å²) < 4.78 is 42.4. The molecule has 3 aromatic rings. The Bertz CT molecular complexity index is 1350. The molecule has 0 aliphatic rings. The van der Waals surface area contributed by atoms with Crippen LogP contribution in [0.3, 0.4) is 0 Å². The molecule has 13 heteroatoms. The molecule has 0 aliphatic carbocycles. The fraction of sp³-hybridized carbons (Fsp3) is 0.182. The molecule has 10 nitrogen and oxygen atoms in total. The molecule has 2 amide bonds. The van der Waals surface area contributed by atoms with Crippen LogP contribution >= 0.6 is 0 Å². The number of carbonyl (C=O) groups is 2. The largest absolute Gasteiger partial charge is 0.437 e. The average Bonchev–Trinajstić information content (AvgIpc) is 3.13. The minimum atomic E-state index is -4.89. The van der Waals surface area contributed by atoms with Crippen molar-refractivity contribution in [1.29, 1.82) is 10.7 Å². The second kappa shape index (κ2) is 9.64. The maximum atomic E-state index is 13.8. The molecule has 2 aromatic heterocycles. The zero-order chi connectivity index (χ0) is 25.9. The molecule has 0 saturated heterocycles. The Hall–Kier alpha value is -4.73. The van der Waals surface area contributed by atoms with Gasteiger partial charge in [-0.3, -0.25) is 14.3 Å². The highest BCUT2D eigenvalue weighted by atomic mass is 19.4. The van der Waals surface area contributed by atoms with Crippen LogP contribution in [0.15, 0.2) is 30.3 Å². The molecule has 0 fully saturated rings. The number of benzene rings is 1. The number of carbonyl (C=O) groups excluding carboxylic acids is 2. The van der Waals surface area contributed by atoms with Crippen molar-refractivity contribution in [3.8, 4) is 6.07 Å². The fourth-order valence-electron chi connectivity index (χ4n) is 3.29. The molecule has 1 aromatic carbocycles. The third kappa shape index (κ3) is 5.11. The highest BCUT2D eigenvalue weighted by Gasteiger charge is 2.39. The lowest BCUT2D eigenvalue weighted by Crippen LogP contribution is -2.22. The van der Waals surface area contributed by atoms with Gasteiger partial charge in [0, 0.05) is 18.8 Å². The minimum Gasteiger partial charge on any atom is -0.373 e. The monoisotopic (exact) mass is 484 g/mol. The summed E-state index contributed by atoms with van der Waals surface area (Å²) in [7, 11) is 1.43. The second-order valence-corrected chi connectivity index (χ2v) is 7.30. The number of nitrogens with one attached hydrogen (secondary N) is 3. The molecule has 5 N–H and O–H groups in total. The van der Waals surface area contributed by atoms with E-state index < -0.39 is 29.4 Å². The van der Waals surface area contributed by atoms with Crippen molar-refractivity contribution in [2.75, 3.05) is 17.7 Å². The Morgan fingerprint density at radius 3 is 2.46 bits per heavy atom. The predicted octanol–water partition coefficient (Wildman–Crippen LogP) is 2.92. The van der Waals surface area contributed by atoms with Gasteiger partial charge in [-0.15, -0.1) is 0 Å². The molecule has 180 valence electrons. The molecule has 0 radical (unpaired) electrons. The Kier molecular flexibility index (Phi) is 6.86. The van der Waals surface area contributed by atoms with E-state index in [1.54, 1.807) is 12.1 Å². The zero-order valence-corrected chi connectivity index (χ0v) is 18.5. The standard InChI is InChI=1S/C22H19F3N8O2/c1-11-17(31-21(35)14-7-16(19(28)34)30-20(29-2)15(14)9-27)18(22(23,24)25)32-33(11)10-13-5-3-12(8-26)4-6-13/h3-7,9,27H,10H2,1-2H3,(H2,28,34)(H,29,30)(H,31,35). The van der Waals surface area contributed by atoms with Crippen LogP contribution in [0.4, 0.5) is 24.7 Å². The van der Waals surface area contributed by atoms with Crippen LogP contribution < -0.4 is 16.4 Å². The van der Waals surface area contributed by atoms with Gasteiger partial charge in [0.15, 0.2) is 5.69 Å². The lowest BCUT2D eigenvalue weighted by molar-refractivity contribution is -0.140. The Labute approximate surface area is 197 Å². The van der Waals surface area contributed by atoms with Crippen molar-refractivity contribution in [2.45, 2.75) is 19.6 Å². The first-order chi connectivity index (χ1) is 16.5. The van der Waals surface area contributed by atoms with Crippen molar-refractivity contribution in [1.82, 2.24) is 14.8 Å². The first-order valence-electron chi connectivity index (χ1n) is 9.98. The third-order valence-corrected chi connectivity index (χ3v) is 5.07. The van der Waals surface area contributed by atoms with Crippen LogP contribution in [-0.4, -0.2) is 39.8 Å². The van der Waals surface area contributed by atoms with Gasteiger partial charge in [0.2, 0.25) is 0 Å². The number of nitrogens with two attached hydrogens (primary N) is 1. The summed E-state index contributed by atoms with van der Waals surface area (Å²) in [4.78, 5) is 28.6. The molecular formula is C22H19F3N8O2. The number of aromatic nitrogens is 3. The molecule has 2 heterocycles. The van der Waals surface area contributed by atoms with Crippen molar-refractivity contribution < 1.29 is 22.8 Å². The molecule has 3 rings (SSSR count). The van der Waals surface area contributed by atoms with Gasteiger partial charge in [0.05, 0.1) is 35.1 Å². The van der Waals surface area contributed by atoms with Crippen molar-refractivity contribution in [2.24, 2.45) is 5.73 Å². The summed E-state index contributed by atoms with van der Waals surface area (Å²) in [6.07, 6.45) is -4.11. The molecule has 35 heavy (non-hydrogen) atoms. The smallest absolute Gasteiger partial charge is 0.373 e. The zero-order valence-electron chi connectivity index (χ0n) is 18.5. The summed E-state index contributed by atoms with van der Waals surface area (Å²) in [5.74, 6) is -2.00. The maximum absolute atomic E-state index is 13.8. The number of primary amides is 1. The van der Waals surface area contributed by atoms with Gasteiger partial charge in [-0.05, 0) is 30.7 Å². The van der Waals surface area contributed by atoms with Crippen LogP contribution in [0.2, 0.25) is 0 Å². The topological polar surface area (TPSA) is 163 Å². The maximum Gasteiger partial charge on any atom is 0.437 e. The number of alkyl halides is 3. The van der Waals surface area contributed by atoms with Crippen molar-refractivity contribution >= 4 is 29.5 Å². The Morgan fingerprint density at radius 1 is 1.29 bits per heavy atom. The summed E-state index contributed by atoms with van der Waals surface area (Å²) in [6.45, 7) is 1.31. The van der Waals surface area contributed by atoms with E-state index in [-0.39, 0.29) is 34.9 Å². The van der Waals surface area contributed by atoms with Gasteiger partial charge in [-0.1, -0.05) is 12.1 Å². The summed E-state index contributed by atoms with van der Waals surface area (Å²) in [5, 5.41) is 25.0. The van der Waals surface area contributed by atoms with Gasteiger partial charge in [0.1, 0.15) is 11.5 Å². The number of anilines is 2. The first kappa shape index (κ1) is 24.9. The highest BCUT2D eigenvalue weighted by molar-refractivity contribution is 6.12. The van der Waals surface area contributed by atoms with Crippen LogP contribution in [0.25, 0.3) is 0 Å². The van der Waals surface area contributed by atoms with Gasteiger partial charge in [-0.2, -0.15) is 23.5 Å². The SMILES string of the molecule is CNc1nc(C(N)=O)cc(C(=O)Nc2c(C(F)(F)F)nn(Cc3ccc(C#N)cc3)c2C)c1C=N. The molecule has 0 unspecified atom stereocenters. The Balaban J connectivity index is 2.06. The summed E-state index contributed by atoms with van der Waals surface area (Å²) in [5.41, 5.74) is 3.73. The van der Waals surface area contributed by atoms with E-state index in [0.29, 0.717) is 11.1 Å². The van der Waals surface area contributed by atoms with E-state index >= 15 is 0 Å². The normalized spacial score (nSPS) is 11.0. The van der Waals surface area contributed by atoms with Crippen LogP contribution in [0.1, 0.15) is 48.9 Å². The Morgan fingerprint density at radius 2 is 1.94 bits per heavy atom. The van der Waals surface area contributed by atoms with Crippen LogP contribution in [0, 0.1) is 23.7 Å². The average molecular weight is 484 g/mol. The summed E-state index contributed by atoms with van der Waals surface area (Å²) in [6, 6.07) is 9.19. The van der Waals surface area contributed by atoms with Gasteiger partial charge < -0.3 is 21.8 Å². The number of halogens is 3. The number of nitriles is 1. The van der Waals surface area contributed by atoms with E-state index in [2.05, 4.69) is 20.7 Å². The van der Waals surface area contributed by atoms with E-state index in [1.165, 1.54) is 26.1 Å². The van der Waals surface area contributed by atoms with Gasteiger partial charge in [0.25, 0.3) is 11.8 Å². The van der Waals surface area contributed by atoms with Gasteiger partial charge in [-0.25, -0.2) is 4.98 Å². The molecular weight excluding hydrogens is 465 g/mol. The first-order valence-corrected chi connectivity index (χ1v) is 9.98. The number of amides is 2. The molecule has 0 aliphatic heterocycles. The minimum absolute atomic E-state index is 0.0180. The number of hydrogen-bond acceptors (Lipinski definition) is 7. The van der Waals surface area contributed by atoms with Crippen molar-refractivity contribution in [3.05, 3.63) is 69.7 Å². The van der Waals surface area contributed by atoms with Gasteiger partial charge >= 0.3 is 6.18 Å².